The van der Waals surface area contributed by atoms with Crippen molar-refractivity contribution in [3.63, 3.8) is 0 Å². The Labute approximate surface area is 88.6 Å². The summed E-state index contributed by atoms with van der Waals surface area (Å²) in [5, 5.41) is 9.26. The first kappa shape index (κ1) is 11.4. The van der Waals surface area contributed by atoms with Crippen LogP contribution >= 0.6 is 15.9 Å². The quantitative estimate of drug-likeness (QED) is 0.835. The number of aliphatic hydroxyl groups is 1. The SMILES string of the molecule is COc1c(F)cc(Br)c(F)c1C(C)O. The fourth-order valence-electron chi connectivity index (χ4n) is 1.18. The van der Waals surface area contributed by atoms with E-state index in [1.807, 2.05) is 0 Å². The molecule has 0 radical (unpaired) electrons. The predicted octanol–water partition coefficient (Wildman–Crippen LogP) is 2.79. The highest BCUT2D eigenvalue weighted by Gasteiger charge is 2.21. The van der Waals surface area contributed by atoms with Crippen molar-refractivity contribution in [2.75, 3.05) is 7.11 Å². The second-order valence-electron chi connectivity index (χ2n) is 2.78. The average molecular weight is 267 g/mol. The van der Waals surface area contributed by atoms with Crippen LogP contribution in [-0.4, -0.2) is 12.2 Å². The highest BCUT2D eigenvalue weighted by atomic mass is 79.9. The molecule has 1 unspecified atom stereocenters. The molecular formula is C9H9BrF2O2. The Morgan fingerprint density at radius 2 is 2.07 bits per heavy atom. The average Bonchev–Trinajstić information content (AvgIpc) is 2.10. The molecule has 78 valence electrons. The molecule has 0 spiro atoms. The minimum absolute atomic E-state index is 0.0355. The summed E-state index contributed by atoms with van der Waals surface area (Å²) in [5.41, 5.74) is -0.181. The van der Waals surface area contributed by atoms with E-state index in [-0.39, 0.29) is 15.8 Å². The molecule has 14 heavy (non-hydrogen) atoms. The van der Waals surface area contributed by atoms with Gasteiger partial charge in [-0.05, 0) is 28.9 Å². The lowest BCUT2D eigenvalue weighted by Gasteiger charge is -2.13. The Bertz CT molecular complexity index is 353. The van der Waals surface area contributed by atoms with E-state index in [0.29, 0.717) is 0 Å². The molecule has 0 fully saturated rings. The van der Waals surface area contributed by atoms with Crippen molar-refractivity contribution in [2.45, 2.75) is 13.0 Å². The van der Waals surface area contributed by atoms with Crippen molar-refractivity contribution in [1.82, 2.24) is 0 Å². The molecule has 0 aliphatic heterocycles. The predicted molar refractivity (Wildman–Crippen MR) is 51.2 cm³/mol. The number of hydrogen-bond donors (Lipinski definition) is 1. The molecule has 0 saturated heterocycles. The summed E-state index contributed by atoms with van der Waals surface area (Å²) in [6, 6.07) is 0.958. The molecule has 5 heteroatoms. The van der Waals surface area contributed by atoms with Gasteiger partial charge in [0.2, 0.25) is 0 Å². The van der Waals surface area contributed by atoms with Crippen LogP contribution < -0.4 is 4.74 Å². The van der Waals surface area contributed by atoms with E-state index in [2.05, 4.69) is 20.7 Å². The molecule has 1 N–H and O–H groups in total. The van der Waals surface area contributed by atoms with Gasteiger partial charge in [0, 0.05) is 0 Å². The van der Waals surface area contributed by atoms with Gasteiger partial charge in [-0.2, -0.15) is 0 Å². The van der Waals surface area contributed by atoms with Crippen LogP contribution in [0.25, 0.3) is 0 Å². The first-order valence-electron chi connectivity index (χ1n) is 3.88. The van der Waals surface area contributed by atoms with Crippen molar-refractivity contribution >= 4 is 15.9 Å². The van der Waals surface area contributed by atoms with Gasteiger partial charge in [0.15, 0.2) is 11.6 Å². The van der Waals surface area contributed by atoms with Crippen molar-refractivity contribution in [3.8, 4) is 5.75 Å². The van der Waals surface area contributed by atoms with Gasteiger partial charge in [-0.3, -0.25) is 0 Å². The van der Waals surface area contributed by atoms with Crippen molar-refractivity contribution in [1.29, 1.82) is 0 Å². The smallest absolute Gasteiger partial charge is 0.166 e. The van der Waals surface area contributed by atoms with E-state index in [9.17, 15) is 13.9 Å². The number of methoxy groups -OCH3 is 1. The number of hydrogen-bond acceptors (Lipinski definition) is 2. The third kappa shape index (κ3) is 1.88. The lowest BCUT2D eigenvalue weighted by atomic mass is 10.1. The van der Waals surface area contributed by atoms with Gasteiger partial charge >= 0.3 is 0 Å². The first-order valence-corrected chi connectivity index (χ1v) is 4.67. The summed E-state index contributed by atoms with van der Waals surface area (Å²) in [6.45, 7) is 1.34. The monoisotopic (exact) mass is 266 g/mol. The van der Waals surface area contributed by atoms with Crippen LogP contribution in [-0.2, 0) is 0 Å². The van der Waals surface area contributed by atoms with E-state index in [1.54, 1.807) is 0 Å². The van der Waals surface area contributed by atoms with Gasteiger partial charge in [-0.15, -0.1) is 0 Å². The largest absolute Gasteiger partial charge is 0.493 e. The molecule has 0 amide bonds. The van der Waals surface area contributed by atoms with E-state index < -0.39 is 17.7 Å². The van der Waals surface area contributed by atoms with Crippen LogP contribution in [0.2, 0.25) is 0 Å². The number of ether oxygens (including phenoxy) is 1. The van der Waals surface area contributed by atoms with Crippen LogP contribution in [0.15, 0.2) is 10.5 Å². The van der Waals surface area contributed by atoms with E-state index >= 15 is 0 Å². The molecule has 2 nitrogen and oxygen atoms in total. The third-order valence-corrected chi connectivity index (χ3v) is 2.36. The standard InChI is InChI=1S/C9H9BrF2O2/c1-4(13)7-8(12)5(10)3-6(11)9(7)14-2/h3-4,13H,1-2H3. The molecule has 1 aromatic rings. The summed E-state index contributed by atoms with van der Waals surface area (Å²) >= 11 is 2.85. The second kappa shape index (κ2) is 4.23. The second-order valence-corrected chi connectivity index (χ2v) is 3.63. The lowest BCUT2D eigenvalue weighted by molar-refractivity contribution is 0.187. The van der Waals surface area contributed by atoms with Crippen LogP contribution in [0.3, 0.4) is 0 Å². The van der Waals surface area contributed by atoms with E-state index in [1.165, 1.54) is 14.0 Å². The molecule has 1 aromatic carbocycles. The summed E-state index contributed by atoms with van der Waals surface area (Å²) in [7, 11) is 1.22. The van der Waals surface area contributed by atoms with Crippen molar-refractivity contribution in [3.05, 3.63) is 27.7 Å². The van der Waals surface area contributed by atoms with Crippen molar-refractivity contribution in [2.24, 2.45) is 0 Å². The first-order chi connectivity index (χ1) is 6.49. The summed E-state index contributed by atoms with van der Waals surface area (Å²) in [4.78, 5) is 0. The topological polar surface area (TPSA) is 29.5 Å². The number of aliphatic hydroxyl groups excluding tert-OH is 1. The molecule has 1 rings (SSSR count). The summed E-state index contributed by atoms with van der Waals surface area (Å²) < 4.78 is 31.3. The highest BCUT2D eigenvalue weighted by Crippen LogP contribution is 2.34. The third-order valence-electron chi connectivity index (χ3n) is 1.78. The van der Waals surface area contributed by atoms with E-state index in [4.69, 9.17) is 0 Å². The van der Waals surface area contributed by atoms with Gasteiger partial charge in [0.1, 0.15) is 5.82 Å². The van der Waals surface area contributed by atoms with E-state index in [0.717, 1.165) is 6.07 Å². The Kier molecular flexibility index (Phi) is 3.44. The fourth-order valence-corrected chi connectivity index (χ4v) is 1.59. The zero-order valence-corrected chi connectivity index (χ0v) is 9.23. The Morgan fingerprint density at radius 1 is 1.50 bits per heavy atom. The van der Waals surface area contributed by atoms with Gasteiger partial charge < -0.3 is 9.84 Å². The van der Waals surface area contributed by atoms with Gasteiger partial charge in [-0.1, -0.05) is 0 Å². The van der Waals surface area contributed by atoms with Crippen LogP contribution in [0.4, 0.5) is 8.78 Å². The normalized spacial score (nSPS) is 12.7. The maximum Gasteiger partial charge on any atom is 0.166 e. The number of halogens is 3. The van der Waals surface area contributed by atoms with Gasteiger partial charge in [0.25, 0.3) is 0 Å². The highest BCUT2D eigenvalue weighted by molar-refractivity contribution is 9.10. The molecule has 0 saturated carbocycles. The van der Waals surface area contributed by atoms with Crippen LogP contribution in [0.1, 0.15) is 18.6 Å². The van der Waals surface area contributed by atoms with Crippen LogP contribution in [0, 0.1) is 11.6 Å². The number of rotatable bonds is 2. The number of benzene rings is 1. The summed E-state index contributed by atoms with van der Waals surface area (Å²) in [5.74, 6) is -1.68. The molecule has 0 heterocycles. The summed E-state index contributed by atoms with van der Waals surface area (Å²) in [6.07, 6.45) is -1.13. The van der Waals surface area contributed by atoms with Crippen molar-refractivity contribution < 1.29 is 18.6 Å². The molecule has 0 aromatic heterocycles. The minimum atomic E-state index is -1.13. The lowest BCUT2D eigenvalue weighted by Crippen LogP contribution is -2.03. The molecule has 0 bridgehead atoms. The zero-order chi connectivity index (χ0) is 10.9. The Hall–Kier alpha value is -0.680. The van der Waals surface area contributed by atoms with Crippen LogP contribution in [0.5, 0.6) is 5.75 Å². The Balaban J connectivity index is 3.48. The molecular weight excluding hydrogens is 258 g/mol. The fraction of sp³-hybridized carbons (Fsp3) is 0.333. The molecule has 0 aliphatic carbocycles. The minimum Gasteiger partial charge on any atom is -0.493 e. The van der Waals surface area contributed by atoms with Gasteiger partial charge in [0.05, 0.1) is 23.2 Å². The maximum atomic E-state index is 13.4. The maximum absolute atomic E-state index is 13.4. The Morgan fingerprint density at radius 3 is 2.50 bits per heavy atom. The van der Waals surface area contributed by atoms with Gasteiger partial charge in [-0.25, -0.2) is 8.78 Å². The zero-order valence-electron chi connectivity index (χ0n) is 7.64. The molecule has 1 atom stereocenters. The molecule has 0 aliphatic rings.